The van der Waals surface area contributed by atoms with E-state index in [1.165, 1.54) is 0 Å². The molecule has 3 nitrogen and oxygen atoms in total. The van der Waals surface area contributed by atoms with Crippen LogP contribution in [0.4, 0.5) is 0 Å². The van der Waals surface area contributed by atoms with Gasteiger partial charge in [0.15, 0.2) is 0 Å². The molecule has 27 heavy (non-hydrogen) atoms. The first-order chi connectivity index (χ1) is 13.2. The molecule has 0 aliphatic carbocycles. The fourth-order valence-electron chi connectivity index (χ4n) is 2.54. The molecule has 3 aromatic carbocycles. The Bertz CT molecular complexity index is 895. The average molecular weight is 398 g/mol. The van der Waals surface area contributed by atoms with Gasteiger partial charge in [-0.25, -0.2) is 0 Å². The molecule has 0 aliphatic rings. The van der Waals surface area contributed by atoms with Gasteiger partial charge in [-0.2, -0.15) is 0 Å². The maximum Gasteiger partial charge on any atom is 0.129 e. The fourth-order valence-corrected chi connectivity index (χ4v) is 2.91. The van der Waals surface area contributed by atoms with Gasteiger partial charge in [-0.1, -0.05) is 60.2 Å². The lowest BCUT2D eigenvalue weighted by Crippen LogP contribution is -2.22. The SMILES string of the molecule is COc1ccc(CNC(=S)c2ccccc2OCc2ccc(Cl)cc2)cc1. The van der Waals surface area contributed by atoms with E-state index in [2.05, 4.69) is 5.32 Å². The summed E-state index contributed by atoms with van der Waals surface area (Å²) in [5.41, 5.74) is 3.04. The first kappa shape index (κ1) is 19.2. The molecule has 5 heteroatoms. The highest BCUT2D eigenvalue weighted by molar-refractivity contribution is 7.80. The highest BCUT2D eigenvalue weighted by atomic mass is 35.5. The van der Waals surface area contributed by atoms with Crippen LogP contribution in [-0.4, -0.2) is 12.1 Å². The molecule has 0 bridgehead atoms. The molecule has 0 unspecified atom stereocenters. The normalized spacial score (nSPS) is 10.3. The molecule has 1 N–H and O–H groups in total. The van der Waals surface area contributed by atoms with E-state index < -0.39 is 0 Å². The zero-order chi connectivity index (χ0) is 19.1. The van der Waals surface area contributed by atoms with Gasteiger partial charge in [-0.15, -0.1) is 0 Å². The second kappa shape index (κ2) is 9.40. The molecule has 0 heterocycles. The summed E-state index contributed by atoms with van der Waals surface area (Å²) in [6.45, 7) is 1.09. The van der Waals surface area contributed by atoms with Gasteiger partial charge in [0.05, 0.1) is 12.7 Å². The minimum Gasteiger partial charge on any atom is -0.497 e. The molecule has 0 saturated heterocycles. The number of hydrogen-bond acceptors (Lipinski definition) is 3. The van der Waals surface area contributed by atoms with Gasteiger partial charge in [0.25, 0.3) is 0 Å². The van der Waals surface area contributed by atoms with E-state index in [0.717, 1.165) is 28.2 Å². The van der Waals surface area contributed by atoms with Crippen LogP contribution in [-0.2, 0) is 13.2 Å². The summed E-state index contributed by atoms with van der Waals surface area (Å²) in [4.78, 5) is 0.650. The lowest BCUT2D eigenvalue weighted by Gasteiger charge is -2.14. The summed E-state index contributed by atoms with van der Waals surface area (Å²) >= 11 is 11.5. The number of benzene rings is 3. The van der Waals surface area contributed by atoms with E-state index >= 15 is 0 Å². The second-order valence-corrected chi connectivity index (χ2v) is 6.79. The number of rotatable bonds is 7. The van der Waals surface area contributed by atoms with Crippen molar-refractivity contribution in [3.63, 3.8) is 0 Å². The summed E-state index contributed by atoms with van der Waals surface area (Å²) < 4.78 is 11.2. The molecular formula is C22H20ClNO2S. The van der Waals surface area contributed by atoms with Crippen molar-refractivity contribution in [3.8, 4) is 11.5 Å². The Morgan fingerprint density at radius 2 is 1.59 bits per heavy atom. The Morgan fingerprint density at radius 1 is 0.926 bits per heavy atom. The Balaban J connectivity index is 1.63. The van der Waals surface area contributed by atoms with Crippen LogP contribution in [0.3, 0.4) is 0 Å². The van der Waals surface area contributed by atoms with E-state index in [4.69, 9.17) is 33.3 Å². The summed E-state index contributed by atoms with van der Waals surface area (Å²) in [6.07, 6.45) is 0. The van der Waals surface area contributed by atoms with E-state index in [1.807, 2.05) is 72.8 Å². The average Bonchev–Trinajstić information content (AvgIpc) is 2.72. The maximum atomic E-state index is 5.98. The number of methoxy groups -OCH3 is 1. The van der Waals surface area contributed by atoms with Crippen LogP contribution in [0.15, 0.2) is 72.8 Å². The van der Waals surface area contributed by atoms with Crippen molar-refractivity contribution in [1.82, 2.24) is 5.32 Å². The number of para-hydroxylation sites is 1. The monoisotopic (exact) mass is 397 g/mol. The van der Waals surface area contributed by atoms with Crippen LogP contribution < -0.4 is 14.8 Å². The van der Waals surface area contributed by atoms with Crippen LogP contribution >= 0.6 is 23.8 Å². The molecule has 138 valence electrons. The van der Waals surface area contributed by atoms with Gasteiger partial charge in [0.1, 0.15) is 23.1 Å². The lowest BCUT2D eigenvalue weighted by molar-refractivity contribution is 0.305. The van der Waals surface area contributed by atoms with E-state index in [-0.39, 0.29) is 0 Å². The van der Waals surface area contributed by atoms with E-state index in [0.29, 0.717) is 23.2 Å². The molecule has 0 aromatic heterocycles. The van der Waals surface area contributed by atoms with Crippen LogP contribution in [0.2, 0.25) is 5.02 Å². The number of halogens is 1. The Labute approximate surface area is 169 Å². The first-order valence-corrected chi connectivity index (χ1v) is 9.32. The highest BCUT2D eigenvalue weighted by Crippen LogP contribution is 2.21. The third-order valence-corrected chi connectivity index (χ3v) is 4.67. The molecule has 0 fully saturated rings. The van der Waals surface area contributed by atoms with Crippen molar-refractivity contribution in [2.75, 3.05) is 7.11 Å². The zero-order valence-corrected chi connectivity index (χ0v) is 16.5. The quantitative estimate of drug-likeness (QED) is 0.541. The van der Waals surface area contributed by atoms with Gasteiger partial charge in [-0.05, 0) is 47.5 Å². The summed E-state index contributed by atoms with van der Waals surface area (Å²) in [6, 6.07) is 23.3. The Kier molecular flexibility index (Phi) is 6.69. The van der Waals surface area contributed by atoms with Gasteiger partial charge in [-0.3, -0.25) is 0 Å². The first-order valence-electron chi connectivity index (χ1n) is 8.53. The molecule has 0 aliphatic heterocycles. The lowest BCUT2D eigenvalue weighted by atomic mass is 10.1. The van der Waals surface area contributed by atoms with Crippen LogP contribution in [0.1, 0.15) is 16.7 Å². The third-order valence-electron chi connectivity index (χ3n) is 4.05. The Hall–Kier alpha value is -2.56. The maximum absolute atomic E-state index is 5.98. The van der Waals surface area contributed by atoms with E-state index in [1.54, 1.807) is 7.11 Å². The minimum atomic E-state index is 0.454. The summed E-state index contributed by atoms with van der Waals surface area (Å²) in [7, 11) is 1.66. The fraction of sp³-hybridized carbons (Fsp3) is 0.136. The summed E-state index contributed by atoms with van der Waals surface area (Å²) in [5.74, 6) is 1.59. The Morgan fingerprint density at radius 3 is 2.30 bits per heavy atom. The molecule has 0 saturated carbocycles. The molecule has 3 aromatic rings. The van der Waals surface area contributed by atoms with Crippen LogP contribution in [0.5, 0.6) is 11.5 Å². The topological polar surface area (TPSA) is 30.5 Å². The zero-order valence-electron chi connectivity index (χ0n) is 14.9. The minimum absolute atomic E-state index is 0.454. The molecule has 3 rings (SSSR count). The van der Waals surface area contributed by atoms with Gasteiger partial charge < -0.3 is 14.8 Å². The van der Waals surface area contributed by atoms with Crippen molar-refractivity contribution in [1.29, 1.82) is 0 Å². The van der Waals surface area contributed by atoms with E-state index in [9.17, 15) is 0 Å². The number of hydrogen-bond donors (Lipinski definition) is 1. The third kappa shape index (κ3) is 5.46. The summed E-state index contributed by atoms with van der Waals surface area (Å²) in [5, 5.41) is 4.00. The number of thiocarbonyl (C=S) groups is 1. The smallest absolute Gasteiger partial charge is 0.129 e. The van der Waals surface area contributed by atoms with Gasteiger partial charge in [0.2, 0.25) is 0 Å². The van der Waals surface area contributed by atoms with Crippen LogP contribution in [0.25, 0.3) is 0 Å². The van der Waals surface area contributed by atoms with Crippen molar-refractivity contribution >= 4 is 28.8 Å². The number of nitrogens with one attached hydrogen (secondary N) is 1. The van der Waals surface area contributed by atoms with Crippen molar-refractivity contribution in [3.05, 3.63) is 94.5 Å². The van der Waals surface area contributed by atoms with Gasteiger partial charge >= 0.3 is 0 Å². The second-order valence-electron chi connectivity index (χ2n) is 5.94. The molecular weight excluding hydrogens is 378 g/mol. The standard InChI is InChI=1S/C22H20ClNO2S/c1-25-19-12-8-16(9-13-19)14-24-22(27)20-4-2-3-5-21(20)26-15-17-6-10-18(23)11-7-17/h2-13H,14-15H2,1H3,(H,24,27). The van der Waals surface area contributed by atoms with Crippen molar-refractivity contribution < 1.29 is 9.47 Å². The van der Waals surface area contributed by atoms with Gasteiger partial charge in [0, 0.05) is 11.6 Å². The largest absolute Gasteiger partial charge is 0.497 e. The molecule has 0 atom stereocenters. The van der Waals surface area contributed by atoms with Crippen LogP contribution in [0, 0.1) is 0 Å². The van der Waals surface area contributed by atoms with Crippen molar-refractivity contribution in [2.45, 2.75) is 13.2 Å². The predicted octanol–water partition coefficient (Wildman–Crippen LogP) is 5.39. The van der Waals surface area contributed by atoms with Crippen molar-refractivity contribution in [2.24, 2.45) is 0 Å². The molecule has 0 spiro atoms. The highest BCUT2D eigenvalue weighted by Gasteiger charge is 2.09. The molecule has 0 amide bonds. The predicted molar refractivity (Wildman–Crippen MR) is 114 cm³/mol. The molecule has 0 radical (unpaired) electrons. The number of ether oxygens (including phenoxy) is 2.